The normalized spacial score (nSPS) is 15.1. The molecule has 3 aromatic rings. The van der Waals surface area contributed by atoms with Crippen LogP contribution in [-0.4, -0.2) is 54.6 Å². The van der Waals surface area contributed by atoms with Crippen molar-refractivity contribution >= 4 is 46.4 Å². The monoisotopic (exact) mass is 542 g/mol. The minimum atomic E-state index is -0.374. The predicted octanol–water partition coefficient (Wildman–Crippen LogP) is 4.48. The van der Waals surface area contributed by atoms with Gasteiger partial charge in [0, 0.05) is 29.9 Å². The number of halogens is 1. The number of nitrogen functional groups attached to an aromatic ring is 1. The van der Waals surface area contributed by atoms with Crippen molar-refractivity contribution in [2.24, 2.45) is 0 Å². The molecular formula is C25H31ClN8O2S. The number of nitrogens with two attached hydrogens (primary N) is 1. The van der Waals surface area contributed by atoms with Crippen molar-refractivity contribution in [3.8, 4) is 0 Å². The zero-order valence-corrected chi connectivity index (χ0v) is 23.0. The van der Waals surface area contributed by atoms with E-state index in [2.05, 4.69) is 35.1 Å². The van der Waals surface area contributed by atoms with E-state index in [9.17, 15) is 9.59 Å². The molecule has 1 unspecified atom stereocenters. The highest BCUT2D eigenvalue weighted by molar-refractivity contribution is 7.13. The van der Waals surface area contributed by atoms with E-state index in [0.29, 0.717) is 44.2 Å². The van der Waals surface area contributed by atoms with Crippen LogP contribution in [-0.2, 0) is 12.0 Å². The second kappa shape index (κ2) is 11.2. The number of Topliss-reactive ketones (excluding diaryl/α,β-unsaturated/α-hetero) is 1. The molecule has 0 aliphatic carbocycles. The number of likely N-dealkylation sites (tertiary alicyclic amines) is 1. The number of nitrogens with zero attached hydrogens (tertiary/aromatic N) is 6. The van der Waals surface area contributed by atoms with Crippen LogP contribution in [0.15, 0.2) is 18.7 Å². The molecule has 1 saturated heterocycles. The maximum absolute atomic E-state index is 13.2. The van der Waals surface area contributed by atoms with Crippen molar-refractivity contribution in [3.05, 3.63) is 50.6 Å². The molecule has 3 aromatic heterocycles. The highest BCUT2D eigenvalue weighted by Gasteiger charge is 2.25. The summed E-state index contributed by atoms with van der Waals surface area (Å²) in [5.74, 6) is -0.203. The summed E-state index contributed by atoms with van der Waals surface area (Å²) in [6, 6.07) is 0. The lowest BCUT2D eigenvalue weighted by Gasteiger charge is -2.19. The summed E-state index contributed by atoms with van der Waals surface area (Å²) in [6.45, 7) is 10.4. The number of hydrogen-bond acceptors (Lipinski definition) is 10. The average molecular weight is 543 g/mol. The zero-order valence-electron chi connectivity index (χ0n) is 21.4. The number of rotatable bonds is 8. The van der Waals surface area contributed by atoms with Crippen molar-refractivity contribution in [2.75, 3.05) is 24.1 Å². The average Bonchev–Trinajstić information content (AvgIpc) is 3.53. The van der Waals surface area contributed by atoms with E-state index < -0.39 is 0 Å². The van der Waals surface area contributed by atoms with E-state index >= 15 is 0 Å². The van der Waals surface area contributed by atoms with Crippen LogP contribution in [0.2, 0.25) is 5.02 Å². The van der Waals surface area contributed by atoms with Gasteiger partial charge in [-0.15, -0.1) is 11.3 Å². The molecule has 0 saturated carbocycles. The lowest BCUT2D eigenvalue weighted by atomic mass is 9.92. The highest BCUT2D eigenvalue weighted by Crippen LogP contribution is 2.29. The smallest absolute Gasteiger partial charge is 0.269 e. The van der Waals surface area contributed by atoms with Crippen molar-refractivity contribution in [1.29, 1.82) is 0 Å². The quantitative estimate of drug-likeness (QED) is 0.394. The summed E-state index contributed by atoms with van der Waals surface area (Å²) < 4.78 is 0. The first-order chi connectivity index (χ1) is 17.5. The summed E-state index contributed by atoms with van der Waals surface area (Å²) in [5, 5.41) is 3.83. The molecule has 0 radical (unpaired) electrons. The molecule has 0 bridgehead atoms. The van der Waals surface area contributed by atoms with Crippen LogP contribution in [0.5, 0.6) is 0 Å². The minimum Gasteiger partial charge on any atom is -0.383 e. The van der Waals surface area contributed by atoms with Crippen LogP contribution in [0.25, 0.3) is 0 Å². The molecule has 10 nitrogen and oxygen atoms in total. The number of carbonyl (C=O) groups excluding carboxylic acids is 2. The van der Waals surface area contributed by atoms with E-state index in [-0.39, 0.29) is 35.4 Å². The van der Waals surface area contributed by atoms with Gasteiger partial charge in [0.05, 0.1) is 28.1 Å². The van der Waals surface area contributed by atoms with E-state index in [1.54, 1.807) is 0 Å². The largest absolute Gasteiger partial charge is 0.383 e. The number of ketones is 1. The molecule has 37 heavy (non-hydrogen) atoms. The van der Waals surface area contributed by atoms with Gasteiger partial charge in [0.25, 0.3) is 5.91 Å². The van der Waals surface area contributed by atoms with Crippen LogP contribution in [0.3, 0.4) is 0 Å². The number of anilines is 2. The molecule has 0 aromatic carbocycles. The number of nitrogens with one attached hydrogen (secondary N) is 1. The molecule has 4 rings (SSSR count). The van der Waals surface area contributed by atoms with Gasteiger partial charge >= 0.3 is 0 Å². The van der Waals surface area contributed by atoms with Gasteiger partial charge in [0.1, 0.15) is 22.7 Å². The Bertz CT molecular complexity index is 1300. The standard InChI is InChI=1S/C25H31ClN8O2S/c1-14(9-17(35)19-15(21(27)31-13-30-19)12-34-7-5-6-8-34)23-28-11-18(37-23)22(36)33-24-29-10-16(26)20(32-24)25(2,3)4/h10-11,13-14H,5-9,12H2,1-4H3,(H2,27,30,31)(H,29,32,33,36). The molecule has 196 valence electrons. The third-order valence-electron chi connectivity index (χ3n) is 6.16. The van der Waals surface area contributed by atoms with E-state index in [4.69, 9.17) is 17.3 Å². The van der Waals surface area contributed by atoms with Crippen LogP contribution in [0, 0.1) is 0 Å². The molecule has 1 fully saturated rings. The third-order valence-corrected chi connectivity index (χ3v) is 7.67. The van der Waals surface area contributed by atoms with Crippen LogP contribution in [0.1, 0.15) is 89.3 Å². The summed E-state index contributed by atoms with van der Waals surface area (Å²) in [5.41, 5.74) is 7.49. The van der Waals surface area contributed by atoms with Crippen LogP contribution < -0.4 is 11.1 Å². The number of aromatic nitrogens is 5. The van der Waals surface area contributed by atoms with Crippen molar-refractivity contribution < 1.29 is 9.59 Å². The molecule has 12 heteroatoms. The second-order valence-corrected chi connectivity index (χ2v) is 11.7. The molecule has 1 amide bonds. The Morgan fingerprint density at radius 3 is 2.59 bits per heavy atom. The van der Waals surface area contributed by atoms with E-state index in [1.807, 2.05) is 27.7 Å². The maximum Gasteiger partial charge on any atom is 0.269 e. The Balaban J connectivity index is 1.44. The summed E-state index contributed by atoms with van der Waals surface area (Å²) in [4.78, 5) is 50.0. The van der Waals surface area contributed by atoms with Gasteiger partial charge < -0.3 is 5.73 Å². The number of hydrogen-bond donors (Lipinski definition) is 2. The highest BCUT2D eigenvalue weighted by atomic mass is 35.5. The first-order valence-corrected chi connectivity index (χ1v) is 13.4. The summed E-state index contributed by atoms with van der Waals surface area (Å²) in [6.07, 6.45) is 6.77. The Hall–Kier alpha value is -3.02. The molecule has 1 atom stereocenters. The van der Waals surface area contributed by atoms with Gasteiger partial charge in [0.15, 0.2) is 5.78 Å². The van der Waals surface area contributed by atoms with Gasteiger partial charge in [-0.2, -0.15) is 0 Å². The molecule has 1 aliphatic rings. The first-order valence-electron chi connectivity index (χ1n) is 12.2. The predicted molar refractivity (Wildman–Crippen MR) is 144 cm³/mol. The minimum absolute atomic E-state index is 0.124. The Labute approximate surface area is 225 Å². The molecule has 0 spiro atoms. The lowest BCUT2D eigenvalue weighted by molar-refractivity contribution is 0.0967. The SMILES string of the molecule is CC(CC(=O)c1ncnc(N)c1CN1CCCC1)c1ncc(C(=O)Nc2ncc(Cl)c(C(C)(C)C)n2)s1. The lowest BCUT2D eigenvalue weighted by Crippen LogP contribution is -2.23. The number of thiazole rings is 1. The van der Waals surface area contributed by atoms with Gasteiger partial charge in [-0.3, -0.25) is 19.8 Å². The number of carbonyl (C=O) groups is 2. The van der Waals surface area contributed by atoms with E-state index in [1.165, 1.54) is 30.1 Å². The van der Waals surface area contributed by atoms with Crippen molar-refractivity contribution in [2.45, 2.75) is 64.8 Å². The fourth-order valence-corrected chi connectivity index (χ4v) is 5.42. The van der Waals surface area contributed by atoms with Crippen LogP contribution >= 0.6 is 22.9 Å². The van der Waals surface area contributed by atoms with Gasteiger partial charge in [-0.25, -0.2) is 24.9 Å². The van der Waals surface area contributed by atoms with Gasteiger partial charge in [-0.1, -0.05) is 39.3 Å². The summed E-state index contributed by atoms with van der Waals surface area (Å²) >= 11 is 7.46. The molecule has 1 aliphatic heterocycles. The third kappa shape index (κ3) is 6.46. The molecular weight excluding hydrogens is 512 g/mol. The van der Waals surface area contributed by atoms with Crippen molar-refractivity contribution in [3.63, 3.8) is 0 Å². The molecule has 3 N–H and O–H groups in total. The van der Waals surface area contributed by atoms with Crippen molar-refractivity contribution in [1.82, 2.24) is 29.8 Å². The zero-order chi connectivity index (χ0) is 26.7. The fourth-order valence-electron chi connectivity index (χ4n) is 4.19. The van der Waals surface area contributed by atoms with Gasteiger partial charge in [-0.05, 0) is 25.9 Å². The molecule has 4 heterocycles. The van der Waals surface area contributed by atoms with E-state index in [0.717, 1.165) is 25.9 Å². The Morgan fingerprint density at radius 1 is 1.16 bits per heavy atom. The van der Waals surface area contributed by atoms with Crippen LogP contribution in [0.4, 0.5) is 11.8 Å². The fraction of sp³-hybridized carbons (Fsp3) is 0.480. The Morgan fingerprint density at radius 2 is 1.89 bits per heavy atom. The Kier molecular flexibility index (Phi) is 8.15. The number of amides is 1. The topological polar surface area (TPSA) is 140 Å². The maximum atomic E-state index is 13.2. The second-order valence-electron chi connectivity index (χ2n) is 10.3. The first kappa shape index (κ1) is 27.0. The summed E-state index contributed by atoms with van der Waals surface area (Å²) in [7, 11) is 0. The van der Waals surface area contributed by atoms with Gasteiger partial charge in [0.2, 0.25) is 5.95 Å².